The van der Waals surface area contributed by atoms with Crippen molar-refractivity contribution < 1.29 is 52.4 Å². The number of esters is 4. The van der Waals surface area contributed by atoms with Crippen LogP contribution < -0.4 is 0 Å². The zero-order valence-corrected chi connectivity index (χ0v) is 31.4. The first-order valence-corrected chi connectivity index (χ1v) is 19.0. The van der Waals surface area contributed by atoms with Crippen molar-refractivity contribution in [2.24, 2.45) is 0 Å². The Kier molecular flexibility index (Phi) is 13.5. The molecule has 2 aromatic rings. The van der Waals surface area contributed by atoms with Crippen LogP contribution in [-0.2, 0) is 48.6 Å². The molecule has 1 heterocycles. The topological polar surface area (TPSA) is 135 Å². The maximum atomic E-state index is 16.1. The highest BCUT2D eigenvalue weighted by Crippen LogP contribution is 2.44. The molecule has 1 N–H and O–H groups in total. The van der Waals surface area contributed by atoms with Crippen molar-refractivity contribution in [3.05, 3.63) is 71.0 Å². The van der Waals surface area contributed by atoms with Crippen molar-refractivity contribution in [1.82, 2.24) is 0 Å². The summed E-state index contributed by atoms with van der Waals surface area (Å²) in [4.78, 5) is 48.8. The van der Waals surface area contributed by atoms with Gasteiger partial charge in [-0.05, 0) is 34.3 Å². The van der Waals surface area contributed by atoms with E-state index in [1.165, 1.54) is 12.1 Å². The highest BCUT2D eigenvalue weighted by atomic mass is 28.3. The predicted octanol–water partition coefficient (Wildman–Crippen LogP) is 6.08. The summed E-state index contributed by atoms with van der Waals surface area (Å²) >= 11 is 0. The summed E-state index contributed by atoms with van der Waals surface area (Å²) in [6, 6.07) is 13.0. The van der Waals surface area contributed by atoms with Crippen LogP contribution in [0.5, 0.6) is 0 Å². The van der Waals surface area contributed by atoms with Crippen LogP contribution in [0, 0.1) is 17.3 Å². The number of carbonyl (C=O) groups is 4. The normalized spacial score (nSPS) is 22.7. The summed E-state index contributed by atoms with van der Waals surface area (Å²) in [6.07, 6.45) is -6.35. The SMILES string of the molecule is CC(=O)OC[C@H]1OC(O)(c2ccc(F)c(C(C#C[Si](C(C)C)(C(C)C)C(C)C)c3ccccc3)c2)[C@H](OC(C)=O)[C@@H](OC(C)=O)[C@@H]1OC(C)=O. The van der Waals surface area contributed by atoms with E-state index < -0.39 is 80.5 Å². The number of hydrogen-bond acceptors (Lipinski definition) is 10. The molecule has 12 heteroatoms. The molecule has 0 spiro atoms. The third-order valence-electron chi connectivity index (χ3n) is 9.21. The average molecular weight is 713 g/mol. The van der Waals surface area contributed by atoms with Crippen LogP contribution in [-0.4, -0.2) is 68.1 Å². The Morgan fingerprint density at radius 3 is 1.86 bits per heavy atom. The fourth-order valence-electron chi connectivity index (χ4n) is 7.12. The first kappa shape index (κ1) is 40.4. The van der Waals surface area contributed by atoms with Gasteiger partial charge in [-0.1, -0.05) is 83.9 Å². The second-order valence-electron chi connectivity index (χ2n) is 13.6. The summed E-state index contributed by atoms with van der Waals surface area (Å²) in [5.74, 6) is -3.84. The van der Waals surface area contributed by atoms with Crippen LogP contribution >= 0.6 is 0 Å². The van der Waals surface area contributed by atoms with Crippen LogP contribution in [0.2, 0.25) is 16.6 Å². The molecule has 2 unspecified atom stereocenters. The Labute approximate surface area is 295 Å². The molecular weight excluding hydrogens is 663 g/mol. The summed E-state index contributed by atoms with van der Waals surface area (Å²) in [5, 5.41) is 12.4. The van der Waals surface area contributed by atoms with Gasteiger partial charge < -0.3 is 28.8 Å². The lowest BCUT2D eigenvalue weighted by atomic mass is 9.84. The molecule has 50 heavy (non-hydrogen) atoms. The average Bonchev–Trinajstić information content (AvgIpc) is 3.01. The first-order valence-electron chi connectivity index (χ1n) is 16.8. The third-order valence-corrected chi connectivity index (χ3v) is 15.5. The minimum absolute atomic E-state index is 0.0748. The molecule has 0 aliphatic carbocycles. The Morgan fingerprint density at radius 2 is 1.36 bits per heavy atom. The van der Waals surface area contributed by atoms with Gasteiger partial charge >= 0.3 is 23.9 Å². The highest BCUT2D eigenvalue weighted by molar-refractivity contribution is 6.90. The number of aliphatic hydroxyl groups is 1. The lowest BCUT2D eigenvalue weighted by Gasteiger charge is -2.48. The van der Waals surface area contributed by atoms with Gasteiger partial charge in [-0.3, -0.25) is 19.2 Å². The molecule has 272 valence electrons. The zero-order chi connectivity index (χ0) is 37.6. The number of hydrogen-bond donors (Lipinski definition) is 1. The van der Waals surface area contributed by atoms with Crippen molar-refractivity contribution in [3.63, 3.8) is 0 Å². The molecule has 2 aromatic carbocycles. The standard InChI is InChI=1S/C38H49FO10Si/c1-22(2)50(23(3)4,24(5)6)19-18-31(29-14-12-11-13-15-29)32-20-30(16-17-33(32)39)38(44)37(48-28(10)43)36(47-27(9)42)35(46-26(8)41)34(49-38)21-45-25(7)40/h11-17,20,22-24,31,34-37,44H,21H2,1-10H3/t31?,34-,35-,36+,37-,38?/m1/s1. The van der Waals surface area contributed by atoms with Crippen molar-refractivity contribution >= 4 is 32.0 Å². The third kappa shape index (κ3) is 8.99. The molecule has 1 saturated heterocycles. The van der Waals surface area contributed by atoms with E-state index >= 15 is 4.39 Å². The van der Waals surface area contributed by atoms with Crippen LogP contribution in [0.1, 0.15) is 91.8 Å². The van der Waals surface area contributed by atoms with Gasteiger partial charge in [0.05, 0.1) is 5.92 Å². The van der Waals surface area contributed by atoms with E-state index in [0.717, 1.165) is 33.8 Å². The van der Waals surface area contributed by atoms with Gasteiger partial charge in [0.1, 0.15) is 26.6 Å². The van der Waals surface area contributed by atoms with Crippen molar-refractivity contribution in [2.75, 3.05) is 6.61 Å². The van der Waals surface area contributed by atoms with Crippen LogP contribution in [0.15, 0.2) is 48.5 Å². The Hall–Kier alpha value is -4.05. The highest BCUT2D eigenvalue weighted by Gasteiger charge is 2.60. The fraction of sp³-hybridized carbons (Fsp3) is 0.526. The molecule has 10 nitrogen and oxygen atoms in total. The second kappa shape index (κ2) is 16.8. The largest absolute Gasteiger partial charge is 0.463 e. The number of halogens is 1. The van der Waals surface area contributed by atoms with Crippen molar-refractivity contribution in [2.45, 2.75) is 122 Å². The van der Waals surface area contributed by atoms with Gasteiger partial charge in [-0.2, -0.15) is 0 Å². The molecular formula is C38H49FO10Si. The van der Waals surface area contributed by atoms with Gasteiger partial charge in [-0.25, -0.2) is 4.39 Å². The van der Waals surface area contributed by atoms with Gasteiger partial charge in [0.25, 0.3) is 0 Å². The Bertz CT molecular complexity index is 1580. The van der Waals surface area contributed by atoms with E-state index in [0.29, 0.717) is 22.2 Å². The summed E-state index contributed by atoms with van der Waals surface area (Å²) < 4.78 is 43.9. The molecule has 0 saturated carbocycles. The summed E-state index contributed by atoms with van der Waals surface area (Å²) in [6.45, 7) is 16.9. The minimum Gasteiger partial charge on any atom is -0.463 e. The van der Waals surface area contributed by atoms with Crippen molar-refractivity contribution in [1.29, 1.82) is 0 Å². The lowest BCUT2D eigenvalue weighted by molar-refractivity contribution is -0.360. The summed E-state index contributed by atoms with van der Waals surface area (Å²) in [7, 11) is -2.28. The Balaban J connectivity index is 2.34. The smallest absolute Gasteiger partial charge is 0.303 e. The van der Waals surface area contributed by atoms with Crippen molar-refractivity contribution in [3.8, 4) is 11.5 Å². The van der Waals surface area contributed by atoms with Gasteiger partial charge in [0.2, 0.25) is 11.9 Å². The van der Waals surface area contributed by atoms with Gasteiger partial charge in [-0.15, -0.1) is 5.54 Å². The minimum atomic E-state index is -2.63. The maximum Gasteiger partial charge on any atom is 0.303 e. The number of ether oxygens (including phenoxy) is 5. The second-order valence-corrected chi connectivity index (χ2v) is 19.2. The van der Waals surface area contributed by atoms with E-state index in [4.69, 9.17) is 23.7 Å². The van der Waals surface area contributed by atoms with Crippen LogP contribution in [0.25, 0.3) is 0 Å². The predicted molar refractivity (Wildman–Crippen MR) is 186 cm³/mol. The molecule has 0 amide bonds. The number of benzene rings is 2. The van der Waals surface area contributed by atoms with E-state index in [2.05, 4.69) is 53.0 Å². The monoisotopic (exact) mass is 712 g/mol. The fourth-order valence-corrected chi connectivity index (χ4v) is 12.4. The maximum absolute atomic E-state index is 16.1. The van der Waals surface area contributed by atoms with E-state index in [-0.39, 0.29) is 11.1 Å². The van der Waals surface area contributed by atoms with Crippen LogP contribution in [0.4, 0.5) is 4.39 Å². The molecule has 6 atom stereocenters. The number of carbonyl (C=O) groups excluding carboxylic acids is 4. The van der Waals surface area contributed by atoms with E-state index in [9.17, 15) is 24.3 Å². The Morgan fingerprint density at radius 1 is 0.820 bits per heavy atom. The summed E-state index contributed by atoms with van der Waals surface area (Å²) in [5.41, 5.74) is 5.36. The van der Waals surface area contributed by atoms with Gasteiger partial charge in [0, 0.05) is 38.8 Å². The number of rotatable bonds is 11. The molecule has 0 radical (unpaired) electrons. The molecule has 0 bridgehead atoms. The zero-order valence-electron chi connectivity index (χ0n) is 30.4. The molecule has 1 aliphatic rings. The molecule has 0 aromatic heterocycles. The lowest BCUT2D eigenvalue weighted by Crippen LogP contribution is -2.66. The van der Waals surface area contributed by atoms with E-state index in [1.807, 2.05) is 30.3 Å². The quantitative estimate of drug-likeness (QED) is 0.126. The molecule has 1 fully saturated rings. The first-order chi connectivity index (χ1) is 23.3. The van der Waals surface area contributed by atoms with Crippen LogP contribution in [0.3, 0.4) is 0 Å². The van der Waals surface area contributed by atoms with E-state index in [1.54, 1.807) is 0 Å². The van der Waals surface area contributed by atoms with Gasteiger partial charge in [0.15, 0.2) is 12.2 Å². The molecule has 1 aliphatic heterocycles. The molecule has 3 rings (SSSR count).